The maximum atomic E-state index is 13.0. The number of nitrogens with two attached hydrogens (primary N) is 1. The Bertz CT molecular complexity index is 1060. The topological polar surface area (TPSA) is 72.6 Å². The number of likely N-dealkylation sites (tertiary alicyclic amines) is 1. The highest BCUT2D eigenvalue weighted by Gasteiger charge is 2.30. The molecule has 1 aliphatic rings. The molecule has 1 atom stereocenters. The Morgan fingerprint density at radius 2 is 1.93 bits per heavy atom. The molecule has 0 aliphatic carbocycles. The van der Waals surface area contributed by atoms with E-state index in [9.17, 15) is 9.59 Å². The minimum absolute atomic E-state index is 0.115. The third-order valence-corrected chi connectivity index (χ3v) is 7.07. The van der Waals surface area contributed by atoms with Crippen molar-refractivity contribution in [1.29, 1.82) is 0 Å². The molecule has 5 nitrogen and oxygen atoms in total. The summed E-state index contributed by atoms with van der Waals surface area (Å²) in [4.78, 5) is 27.6. The van der Waals surface area contributed by atoms with Crippen molar-refractivity contribution in [2.24, 2.45) is 5.73 Å². The number of carbonyl (C=O) groups excluding carboxylic acids is 2. The van der Waals surface area contributed by atoms with Crippen molar-refractivity contribution in [3.8, 4) is 5.75 Å². The zero-order valence-corrected chi connectivity index (χ0v) is 17.9. The first-order valence-corrected chi connectivity index (χ1v) is 11.1. The van der Waals surface area contributed by atoms with Crippen LogP contribution in [0, 0.1) is 0 Å². The zero-order chi connectivity index (χ0) is 21.1. The molecule has 1 aromatic heterocycles. The van der Waals surface area contributed by atoms with Gasteiger partial charge in [0.2, 0.25) is 5.91 Å². The van der Waals surface area contributed by atoms with E-state index in [0.717, 1.165) is 46.3 Å². The summed E-state index contributed by atoms with van der Waals surface area (Å²) in [7, 11) is 1.65. The normalized spacial score (nSPS) is 16.2. The van der Waals surface area contributed by atoms with Gasteiger partial charge in [0.1, 0.15) is 5.75 Å². The summed E-state index contributed by atoms with van der Waals surface area (Å²) in [6.07, 6.45) is 3.82. The van der Waals surface area contributed by atoms with Crippen LogP contribution in [0.25, 0.3) is 10.1 Å². The van der Waals surface area contributed by atoms with Crippen LogP contribution in [0.2, 0.25) is 0 Å². The Hall–Kier alpha value is -2.86. The second kappa shape index (κ2) is 8.88. The first kappa shape index (κ1) is 20.4. The fourth-order valence-electron chi connectivity index (χ4n) is 4.30. The van der Waals surface area contributed by atoms with Gasteiger partial charge >= 0.3 is 0 Å². The van der Waals surface area contributed by atoms with Crippen LogP contribution in [0.3, 0.4) is 0 Å². The molecule has 0 radical (unpaired) electrons. The van der Waals surface area contributed by atoms with E-state index in [1.54, 1.807) is 7.11 Å². The van der Waals surface area contributed by atoms with Crippen molar-refractivity contribution >= 4 is 33.2 Å². The zero-order valence-electron chi connectivity index (χ0n) is 17.1. The number of fused-ring (bicyclic) bond motifs is 1. The number of ether oxygens (including phenoxy) is 1. The van der Waals surface area contributed by atoms with E-state index in [4.69, 9.17) is 10.5 Å². The summed E-state index contributed by atoms with van der Waals surface area (Å²) in [6.45, 7) is 0.778. The summed E-state index contributed by atoms with van der Waals surface area (Å²) in [6, 6.07) is 16.0. The fraction of sp³-hybridized carbons (Fsp3) is 0.333. The Morgan fingerprint density at radius 3 is 2.67 bits per heavy atom. The quantitative estimate of drug-likeness (QED) is 0.621. The predicted molar refractivity (Wildman–Crippen MR) is 120 cm³/mol. The lowest BCUT2D eigenvalue weighted by molar-refractivity contribution is -0.131. The number of primary amides is 1. The Morgan fingerprint density at radius 1 is 1.17 bits per heavy atom. The first-order chi connectivity index (χ1) is 14.6. The largest absolute Gasteiger partial charge is 0.497 e. The lowest BCUT2D eigenvalue weighted by atomic mass is 10.00. The third-order valence-electron chi connectivity index (χ3n) is 5.85. The SMILES string of the molecule is COc1ccc(CCC(=O)N2CCC[C@@H]2Cc2c(C(N)=O)sc3ccccc23)cc1. The van der Waals surface area contributed by atoms with Gasteiger partial charge in [-0.15, -0.1) is 11.3 Å². The lowest BCUT2D eigenvalue weighted by Gasteiger charge is -2.25. The molecule has 0 spiro atoms. The number of amides is 2. The highest BCUT2D eigenvalue weighted by atomic mass is 32.1. The van der Waals surface area contributed by atoms with Crippen LogP contribution in [-0.2, 0) is 17.6 Å². The summed E-state index contributed by atoms with van der Waals surface area (Å²) in [5, 5.41) is 1.08. The Balaban J connectivity index is 1.47. The monoisotopic (exact) mass is 422 g/mol. The van der Waals surface area contributed by atoms with Crippen LogP contribution in [0.4, 0.5) is 0 Å². The van der Waals surface area contributed by atoms with Crippen molar-refractivity contribution in [3.05, 3.63) is 64.5 Å². The highest BCUT2D eigenvalue weighted by Crippen LogP contribution is 2.34. The van der Waals surface area contributed by atoms with Gasteiger partial charge in [-0.3, -0.25) is 9.59 Å². The highest BCUT2D eigenvalue weighted by molar-refractivity contribution is 7.21. The predicted octanol–water partition coefficient (Wildman–Crippen LogP) is 4.18. The van der Waals surface area contributed by atoms with Gasteiger partial charge in [-0.2, -0.15) is 0 Å². The number of nitrogens with zero attached hydrogens (tertiary/aromatic N) is 1. The molecule has 2 heterocycles. The first-order valence-electron chi connectivity index (χ1n) is 10.3. The lowest BCUT2D eigenvalue weighted by Crippen LogP contribution is -2.37. The molecule has 1 aliphatic heterocycles. The van der Waals surface area contributed by atoms with Crippen molar-refractivity contribution in [2.45, 2.75) is 38.1 Å². The molecule has 4 rings (SSSR count). The number of rotatable bonds is 7. The molecule has 30 heavy (non-hydrogen) atoms. The van der Waals surface area contributed by atoms with Crippen LogP contribution < -0.4 is 10.5 Å². The third kappa shape index (κ3) is 4.19. The second-order valence-electron chi connectivity index (χ2n) is 7.71. The van der Waals surface area contributed by atoms with E-state index in [-0.39, 0.29) is 17.9 Å². The molecular formula is C24H26N2O3S. The number of benzene rings is 2. The van der Waals surface area contributed by atoms with Gasteiger partial charge in [0.15, 0.2) is 0 Å². The molecule has 2 aromatic carbocycles. The van der Waals surface area contributed by atoms with Crippen molar-refractivity contribution in [2.75, 3.05) is 13.7 Å². The van der Waals surface area contributed by atoms with E-state index < -0.39 is 0 Å². The van der Waals surface area contributed by atoms with Crippen LogP contribution >= 0.6 is 11.3 Å². The van der Waals surface area contributed by atoms with Gasteiger partial charge in [-0.25, -0.2) is 0 Å². The molecule has 2 N–H and O–H groups in total. The van der Waals surface area contributed by atoms with E-state index in [1.165, 1.54) is 11.3 Å². The number of methoxy groups -OCH3 is 1. The summed E-state index contributed by atoms with van der Waals surface area (Å²) >= 11 is 1.45. The molecule has 2 amide bonds. The Kier molecular flexibility index (Phi) is 6.04. The van der Waals surface area contributed by atoms with Crippen molar-refractivity contribution in [3.63, 3.8) is 0 Å². The molecule has 1 fully saturated rings. The van der Waals surface area contributed by atoms with Crippen LogP contribution in [0.5, 0.6) is 5.75 Å². The number of hydrogen-bond acceptors (Lipinski definition) is 4. The average Bonchev–Trinajstić information content (AvgIpc) is 3.38. The van der Waals surface area contributed by atoms with Gasteiger partial charge in [0.05, 0.1) is 12.0 Å². The van der Waals surface area contributed by atoms with E-state index in [2.05, 4.69) is 0 Å². The second-order valence-corrected chi connectivity index (χ2v) is 8.76. The maximum Gasteiger partial charge on any atom is 0.259 e. The summed E-state index contributed by atoms with van der Waals surface area (Å²) in [5.41, 5.74) is 7.78. The standard InChI is InChI=1S/C24H26N2O3S/c1-29-18-11-8-16(9-12-18)10-13-22(27)26-14-4-5-17(26)15-20-19-6-2-3-7-21(19)30-23(20)24(25)28/h2-3,6-9,11-12,17H,4-5,10,13-15H2,1H3,(H2,25,28)/t17-/m1/s1. The number of thiophene rings is 1. The molecular weight excluding hydrogens is 396 g/mol. The van der Waals surface area contributed by atoms with E-state index >= 15 is 0 Å². The Labute approximate surface area is 180 Å². The molecule has 0 saturated carbocycles. The maximum absolute atomic E-state index is 13.0. The van der Waals surface area contributed by atoms with E-state index in [1.807, 2.05) is 53.4 Å². The van der Waals surface area contributed by atoms with Gasteiger partial charge in [0.25, 0.3) is 5.91 Å². The summed E-state index contributed by atoms with van der Waals surface area (Å²) in [5.74, 6) is 0.605. The van der Waals surface area contributed by atoms with Gasteiger partial charge in [-0.1, -0.05) is 30.3 Å². The van der Waals surface area contributed by atoms with Crippen molar-refractivity contribution in [1.82, 2.24) is 4.90 Å². The molecule has 0 bridgehead atoms. The molecule has 1 saturated heterocycles. The van der Waals surface area contributed by atoms with Crippen LogP contribution in [0.1, 0.15) is 40.1 Å². The van der Waals surface area contributed by atoms with Crippen LogP contribution in [-0.4, -0.2) is 36.4 Å². The molecule has 156 valence electrons. The van der Waals surface area contributed by atoms with Gasteiger partial charge < -0.3 is 15.4 Å². The van der Waals surface area contributed by atoms with Crippen LogP contribution in [0.15, 0.2) is 48.5 Å². The number of carbonyl (C=O) groups is 2. The molecule has 0 unspecified atom stereocenters. The fourth-order valence-corrected chi connectivity index (χ4v) is 5.38. The van der Waals surface area contributed by atoms with Gasteiger partial charge in [-0.05, 0) is 60.4 Å². The smallest absolute Gasteiger partial charge is 0.259 e. The summed E-state index contributed by atoms with van der Waals surface area (Å²) < 4.78 is 6.26. The average molecular weight is 423 g/mol. The molecule has 6 heteroatoms. The number of aryl methyl sites for hydroxylation is 1. The van der Waals surface area contributed by atoms with E-state index in [0.29, 0.717) is 24.1 Å². The number of hydrogen-bond donors (Lipinski definition) is 1. The minimum Gasteiger partial charge on any atom is -0.497 e. The minimum atomic E-state index is -0.387. The van der Waals surface area contributed by atoms with Crippen molar-refractivity contribution < 1.29 is 14.3 Å². The van der Waals surface area contributed by atoms with Gasteiger partial charge in [0, 0.05) is 23.7 Å². The molecule has 3 aromatic rings.